The molecule has 5 heteroatoms. The Labute approximate surface area is 91.8 Å². The molecule has 0 aliphatic rings. The van der Waals surface area contributed by atoms with E-state index in [1.807, 2.05) is 0 Å². The molecule has 2 rings (SSSR count). The van der Waals surface area contributed by atoms with Gasteiger partial charge in [-0.05, 0) is 19.1 Å². The van der Waals surface area contributed by atoms with Crippen molar-refractivity contribution in [1.82, 2.24) is 15.0 Å². The number of aliphatic hydroxyl groups excluding tert-OH is 1. The second-order valence-electron chi connectivity index (χ2n) is 3.33. The Morgan fingerprint density at radius 2 is 2.12 bits per heavy atom. The largest absolute Gasteiger partial charge is 0.382 e. The summed E-state index contributed by atoms with van der Waals surface area (Å²) in [6.07, 6.45) is 2.92. The molecule has 82 valence electrons. The van der Waals surface area contributed by atoms with E-state index in [2.05, 4.69) is 15.0 Å². The number of aryl methyl sites for hydroxylation is 1. The van der Waals surface area contributed by atoms with Crippen LogP contribution in [0.2, 0.25) is 0 Å². The zero-order valence-electron chi connectivity index (χ0n) is 8.63. The Balaban J connectivity index is 2.39. The molecule has 0 aromatic carbocycles. The third-order valence-corrected chi connectivity index (χ3v) is 2.18. The maximum Gasteiger partial charge on any atom is 0.147 e. The highest BCUT2D eigenvalue weighted by molar-refractivity contribution is 5.24. The number of pyridine rings is 1. The summed E-state index contributed by atoms with van der Waals surface area (Å²) in [7, 11) is 0. The molecule has 0 fully saturated rings. The zero-order chi connectivity index (χ0) is 11.5. The summed E-state index contributed by atoms with van der Waals surface area (Å²) in [5.41, 5.74) is 0.533. The van der Waals surface area contributed by atoms with E-state index in [1.165, 1.54) is 18.5 Å². The lowest BCUT2D eigenvalue weighted by Gasteiger charge is -2.10. The van der Waals surface area contributed by atoms with Gasteiger partial charge in [-0.25, -0.2) is 14.4 Å². The summed E-state index contributed by atoms with van der Waals surface area (Å²) in [4.78, 5) is 11.6. The van der Waals surface area contributed by atoms with Crippen LogP contribution in [0.25, 0.3) is 0 Å². The molecule has 0 spiro atoms. The molecule has 0 saturated carbocycles. The molecule has 2 aromatic rings. The summed E-state index contributed by atoms with van der Waals surface area (Å²) >= 11 is 0. The van der Waals surface area contributed by atoms with Crippen LogP contribution < -0.4 is 0 Å². The van der Waals surface area contributed by atoms with Crippen molar-refractivity contribution in [3.05, 3.63) is 53.6 Å². The van der Waals surface area contributed by atoms with Gasteiger partial charge in [-0.1, -0.05) is 0 Å². The highest BCUT2D eigenvalue weighted by Gasteiger charge is 2.16. The second kappa shape index (κ2) is 4.32. The van der Waals surface area contributed by atoms with Crippen LogP contribution in [0.3, 0.4) is 0 Å². The standard InChI is InChI=1S/C11H10FN3O/c1-7-14-5-3-10(15-7)11(16)8-2-4-13-6-9(8)12/h2-6,11,16H,1H3. The number of aromatic nitrogens is 3. The summed E-state index contributed by atoms with van der Waals surface area (Å²) in [5.74, 6) is -0.0164. The van der Waals surface area contributed by atoms with Gasteiger partial charge in [0.15, 0.2) is 0 Å². The summed E-state index contributed by atoms with van der Waals surface area (Å²) in [6, 6.07) is 2.98. The molecule has 2 aromatic heterocycles. The maximum absolute atomic E-state index is 13.4. The van der Waals surface area contributed by atoms with Gasteiger partial charge in [0, 0.05) is 18.0 Å². The predicted octanol–water partition coefficient (Wildman–Crippen LogP) is 1.40. The van der Waals surface area contributed by atoms with Crippen molar-refractivity contribution in [2.45, 2.75) is 13.0 Å². The fourth-order valence-electron chi connectivity index (χ4n) is 1.39. The van der Waals surface area contributed by atoms with Gasteiger partial charge < -0.3 is 5.11 Å². The van der Waals surface area contributed by atoms with E-state index in [4.69, 9.17) is 0 Å². The van der Waals surface area contributed by atoms with Gasteiger partial charge in [-0.2, -0.15) is 0 Å². The van der Waals surface area contributed by atoms with Crippen molar-refractivity contribution in [2.24, 2.45) is 0 Å². The highest BCUT2D eigenvalue weighted by Crippen LogP contribution is 2.21. The predicted molar refractivity (Wildman–Crippen MR) is 55.0 cm³/mol. The van der Waals surface area contributed by atoms with Crippen LogP contribution >= 0.6 is 0 Å². The first kappa shape index (κ1) is 10.6. The van der Waals surface area contributed by atoms with Gasteiger partial charge in [0.1, 0.15) is 17.7 Å². The van der Waals surface area contributed by atoms with Crippen molar-refractivity contribution in [1.29, 1.82) is 0 Å². The summed E-state index contributed by atoms with van der Waals surface area (Å²) < 4.78 is 13.4. The van der Waals surface area contributed by atoms with Crippen molar-refractivity contribution in [3.8, 4) is 0 Å². The van der Waals surface area contributed by atoms with Crippen LogP contribution in [0, 0.1) is 12.7 Å². The third kappa shape index (κ3) is 2.04. The number of halogens is 1. The Hall–Kier alpha value is -1.88. The van der Waals surface area contributed by atoms with E-state index in [0.29, 0.717) is 11.5 Å². The molecular formula is C11H10FN3O. The van der Waals surface area contributed by atoms with Crippen LogP contribution in [0.4, 0.5) is 4.39 Å². The molecule has 0 aliphatic heterocycles. The minimum Gasteiger partial charge on any atom is -0.382 e. The summed E-state index contributed by atoms with van der Waals surface area (Å²) in [5, 5.41) is 9.94. The van der Waals surface area contributed by atoms with E-state index in [1.54, 1.807) is 13.0 Å². The van der Waals surface area contributed by atoms with Gasteiger partial charge in [-0.3, -0.25) is 4.98 Å². The summed E-state index contributed by atoms with van der Waals surface area (Å²) in [6.45, 7) is 1.71. The fraction of sp³-hybridized carbons (Fsp3) is 0.182. The quantitative estimate of drug-likeness (QED) is 0.829. The van der Waals surface area contributed by atoms with Gasteiger partial charge in [0.2, 0.25) is 0 Å². The topological polar surface area (TPSA) is 58.9 Å². The lowest BCUT2D eigenvalue weighted by molar-refractivity contribution is 0.209. The van der Waals surface area contributed by atoms with E-state index in [0.717, 1.165) is 6.20 Å². The van der Waals surface area contributed by atoms with Crippen LogP contribution in [-0.4, -0.2) is 20.1 Å². The molecule has 0 bridgehead atoms. The van der Waals surface area contributed by atoms with E-state index < -0.39 is 11.9 Å². The van der Waals surface area contributed by atoms with Crippen LogP contribution in [0.5, 0.6) is 0 Å². The Morgan fingerprint density at radius 1 is 1.31 bits per heavy atom. The van der Waals surface area contributed by atoms with Gasteiger partial charge in [-0.15, -0.1) is 0 Å². The molecular weight excluding hydrogens is 209 g/mol. The number of aliphatic hydroxyl groups is 1. The number of nitrogens with zero attached hydrogens (tertiary/aromatic N) is 3. The molecule has 0 aliphatic carbocycles. The molecule has 4 nitrogen and oxygen atoms in total. The Morgan fingerprint density at radius 3 is 2.81 bits per heavy atom. The Kier molecular flexibility index (Phi) is 2.87. The molecule has 2 heterocycles. The van der Waals surface area contributed by atoms with Crippen LogP contribution in [0.15, 0.2) is 30.7 Å². The third-order valence-electron chi connectivity index (χ3n) is 2.18. The van der Waals surface area contributed by atoms with Crippen molar-refractivity contribution >= 4 is 0 Å². The van der Waals surface area contributed by atoms with Crippen LogP contribution in [0.1, 0.15) is 23.2 Å². The SMILES string of the molecule is Cc1nccc(C(O)c2ccncc2F)n1. The average Bonchev–Trinajstić information content (AvgIpc) is 2.29. The minimum atomic E-state index is -1.09. The highest BCUT2D eigenvalue weighted by atomic mass is 19.1. The number of hydrogen-bond acceptors (Lipinski definition) is 4. The lowest BCUT2D eigenvalue weighted by Crippen LogP contribution is -2.06. The zero-order valence-corrected chi connectivity index (χ0v) is 8.63. The maximum atomic E-state index is 13.4. The average molecular weight is 219 g/mol. The molecule has 1 N–H and O–H groups in total. The first-order valence-electron chi connectivity index (χ1n) is 4.75. The van der Waals surface area contributed by atoms with E-state index >= 15 is 0 Å². The molecule has 1 unspecified atom stereocenters. The van der Waals surface area contributed by atoms with Gasteiger partial charge in [0.05, 0.1) is 11.9 Å². The fourth-order valence-corrected chi connectivity index (χ4v) is 1.39. The molecule has 0 saturated heterocycles. The van der Waals surface area contributed by atoms with Crippen LogP contribution in [-0.2, 0) is 0 Å². The lowest BCUT2D eigenvalue weighted by atomic mass is 10.1. The second-order valence-corrected chi connectivity index (χ2v) is 3.33. The van der Waals surface area contributed by atoms with Crippen molar-refractivity contribution < 1.29 is 9.50 Å². The van der Waals surface area contributed by atoms with Gasteiger partial charge >= 0.3 is 0 Å². The van der Waals surface area contributed by atoms with Crippen molar-refractivity contribution in [2.75, 3.05) is 0 Å². The molecule has 1 atom stereocenters. The van der Waals surface area contributed by atoms with E-state index in [-0.39, 0.29) is 5.56 Å². The first-order valence-corrected chi connectivity index (χ1v) is 4.75. The first-order chi connectivity index (χ1) is 7.68. The number of rotatable bonds is 2. The minimum absolute atomic E-state index is 0.160. The Bertz CT molecular complexity index is 504. The monoisotopic (exact) mass is 219 g/mol. The van der Waals surface area contributed by atoms with Crippen molar-refractivity contribution in [3.63, 3.8) is 0 Å². The molecule has 16 heavy (non-hydrogen) atoms. The molecule has 0 radical (unpaired) electrons. The van der Waals surface area contributed by atoms with Gasteiger partial charge in [0.25, 0.3) is 0 Å². The normalized spacial score (nSPS) is 12.4. The number of hydrogen-bond donors (Lipinski definition) is 1. The smallest absolute Gasteiger partial charge is 0.147 e. The van der Waals surface area contributed by atoms with E-state index in [9.17, 15) is 9.50 Å². The molecule has 0 amide bonds.